The number of fused-ring (bicyclic) bond motifs is 2. The Morgan fingerprint density at radius 3 is 2.61 bits per heavy atom. The molecule has 6 rings (SSSR count). The molecule has 10 nitrogen and oxygen atoms in total. The molecule has 1 N–H and O–H groups in total. The predicted octanol–water partition coefficient (Wildman–Crippen LogP) is 7.07. The number of hydrogen-bond donors (Lipinski definition) is 1. The molecule has 13 heteroatoms. The molecule has 4 fully saturated rings. The lowest BCUT2D eigenvalue weighted by Gasteiger charge is -2.42. The molecule has 2 bridgehead atoms. The van der Waals surface area contributed by atoms with E-state index in [0.717, 1.165) is 24.9 Å². The zero-order valence-corrected chi connectivity index (χ0v) is 31.0. The SMILES string of the molecule is CN1CCC[C@H]1COc1nc2c(F)c(Br)c(CCC#N)cc2c(CC(C)(C)OC(=O)NC23CC(CN2C(=O)OC(C)(C)C)C3)c1I. The van der Waals surface area contributed by atoms with Gasteiger partial charge in [0, 0.05) is 30.8 Å². The summed E-state index contributed by atoms with van der Waals surface area (Å²) in [6, 6.07) is 4.23. The number of alkyl carbamates (subject to hydrolysis) is 1. The number of carbonyl (C=O) groups excluding carboxylic acids is 2. The quantitative estimate of drug-likeness (QED) is 0.268. The van der Waals surface area contributed by atoms with Gasteiger partial charge in [-0.05, 0) is 142 Å². The van der Waals surface area contributed by atoms with Crippen molar-refractivity contribution in [3.8, 4) is 11.9 Å². The number of halogens is 3. The molecule has 250 valence electrons. The standard InChI is InChI=1S/C33H42BrFIN5O5/c1-31(2,3)46-30(43)41-17-19-14-33(41,15-19)39-29(42)45-32(4,5)16-23-22-13-20(9-7-11-37)24(34)25(35)27(22)38-28(26(23)36)44-18-21-10-8-12-40(21)6/h13,19,21H,7-10,12,14-18H2,1-6H3,(H,39,42)/t19?,21-,33?/m0/s1. The van der Waals surface area contributed by atoms with Gasteiger partial charge in [-0.1, -0.05) is 0 Å². The molecule has 1 aromatic carbocycles. The Bertz CT molecular complexity index is 1570. The summed E-state index contributed by atoms with van der Waals surface area (Å²) in [4.78, 5) is 34.8. The lowest BCUT2D eigenvalue weighted by molar-refractivity contribution is -0.0114. The number of pyridine rings is 1. The highest BCUT2D eigenvalue weighted by Gasteiger charge is 2.60. The third-order valence-electron chi connectivity index (χ3n) is 8.97. The van der Waals surface area contributed by atoms with Crippen LogP contribution >= 0.6 is 38.5 Å². The summed E-state index contributed by atoms with van der Waals surface area (Å²) in [5.41, 5.74) is -0.982. The molecule has 3 saturated heterocycles. The molecule has 1 aromatic heterocycles. The van der Waals surface area contributed by atoms with Gasteiger partial charge < -0.3 is 19.1 Å². The largest absolute Gasteiger partial charge is 0.475 e. The van der Waals surface area contributed by atoms with E-state index in [4.69, 9.17) is 14.2 Å². The van der Waals surface area contributed by atoms with Gasteiger partial charge in [0.05, 0.1) is 14.1 Å². The number of nitrogens with one attached hydrogen (secondary N) is 1. The van der Waals surface area contributed by atoms with E-state index in [1.807, 2.05) is 26.8 Å². The lowest BCUT2D eigenvalue weighted by atomic mass is 9.80. The number of aromatic nitrogens is 1. The summed E-state index contributed by atoms with van der Waals surface area (Å²) in [7, 11) is 2.07. The number of likely N-dealkylation sites (tertiary alicyclic amines) is 1. The van der Waals surface area contributed by atoms with E-state index in [2.05, 4.69) is 66.8 Å². The van der Waals surface area contributed by atoms with Crippen LogP contribution in [-0.2, 0) is 22.3 Å². The summed E-state index contributed by atoms with van der Waals surface area (Å²) in [6.45, 7) is 11.0. The molecule has 4 aliphatic rings. The highest BCUT2D eigenvalue weighted by molar-refractivity contribution is 14.1. The van der Waals surface area contributed by atoms with Gasteiger partial charge in [-0.2, -0.15) is 5.26 Å². The second kappa shape index (κ2) is 13.2. The number of rotatable bonds is 9. The topological polar surface area (TPSA) is 117 Å². The summed E-state index contributed by atoms with van der Waals surface area (Å²) in [5.74, 6) is 0.111. The van der Waals surface area contributed by atoms with Crippen molar-refractivity contribution in [3.05, 3.63) is 31.1 Å². The Balaban J connectivity index is 1.41. The van der Waals surface area contributed by atoms with Crippen LogP contribution in [-0.4, -0.2) is 76.6 Å². The number of nitriles is 1. The Kier molecular flexibility index (Phi) is 10.0. The molecule has 2 amide bonds. The van der Waals surface area contributed by atoms with Gasteiger partial charge in [-0.25, -0.2) is 19.0 Å². The van der Waals surface area contributed by atoms with E-state index < -0.39 is 34.9 Å². The van der Waals surface area contributed by atoms with Crippen LogP contribution in [0.1, 0.15) is 77.8 Å². The van der Waals surface area contributed by atoms with Crippen molar-refractivity contribution in [3.63, 3.8) is 0 Å². The second-order valence-electron chi connectivity index (χ2n) is 14.4. The van der Waals surface area contributed by atoms with Crippen molar-refractivity contribution in [1.82, 2.24) is 20.1 Å². The molecule has 0 radical (unpaired) electrons. The fourth-order valence-corrected chi connectivity index (χ4v) is 8.01. The van der Waals surface area contributed by atoms with Crippen molar-refractivity contribution >= 4 is 61.6 Å². The van der Waals surface area contributed by atoms with Gasteiger partial charge in [0.1, 0.15) is 29.0 Å². The number of carbonyl (C=O) groups is 2. The van der Waals surface area contributed by atoms with Crippen LogP contribution < -0.4 is 10.1 Å². The number of hydrogen-bond acceptors (Lipinski definition) is 8. The molecule has 1 aliphatic carbocycles. The van der Waals surface area contributed by atoms with Gasteiger partial charge in [0.25, 0.3) is 0 Å². The second-order valence-corrected chi connectivity index (χ2v) is 16.2. The van der Waals surface area contributed by atoms with E-state index in [1.165, 1.54) is 0 Å². The normalized spacial score (nSPS) is 22.8. The van der Waals surface area contributed by atoms with Crippen LogP contribution in [0.5, 0.6) is 5.88 Å². The summed E-state index contributed by atoms with van der Waals surface area (Å²) in [5, 5.41) is 12.7. The van der Waals surface area contributed by atoms with E-state index in [-0.39, 0.29) is 28.9 Å². The van der Waals surface area contributed by atoms with Gasteiger partial charge in [0.15, 0.2) is 5.82 Å². The molecule has 1 saturated carbocycles. The number of aryl methyl sites for hydroxylation is 1. The number of likely N-dealkylation sites (N-methyl/N-ethyl adjacent to an activating group) is 1. The number of nitrogens with zero attached hydrogens (tertiary/aromatic N) is 4. The summed E-state index contributed by atoms with van der Waals surface area (Å²) in [6.07, 6.45) is 3.13. The van der Waals surface area contributed by atoms with E-state index in [0.29, 0.717) is 58.7 Å². The van der Waals surface area contributed by atoms with Gasteiger partial charge in [-0.15, -0.1) is 0 Å². The minimum atomic E-state index is -1.03. The maximum atomic E-state index is 15.9. The van der Waals surface area contributed by atoms with E-state index in [9.17, 15) is 14.9 Å². The zero-order valence-electron chi connectivity index (χ0n) is 27.3. The molecule has 0 unspecified atom stereocenters. The fourth-order valence-electron chi connectivity index (χ4n) is 6.75. The van der Waals surface area contributed by atoms with Crippen LogP contribution in [0.2, 0.25) is 0 Å². The third-order valence-corrected chi connectivity index (χ3v) is 10.9. The Morgan fingerprint density at radius 1 is 1.26 bits per heavy atom. The number of amides is 2. The highest BCUT2D eigenvalue weighted by atomic mass is 127. The predicted molar refractivity (Wildman–Crippen MR) is 183 cm³/mol. The highest BCUT2D eigenvalue weighted by Crippen LogP contribution is 2.49. The molecule has 2 aromatic rings. The van der Waals surface area contributed by atoms with Crippen molar-refractivity contribution in [2.24, 2.45) is 5.92 Å². The molecule has 3 aliphatic heterocycles. The van der Waals surface area contributed by atoms with E-state index in [1.54, 1.807) is 18.7 Å². The van der Waals surface area contributed by atoms with Crippen LogP contribution in [0, 0.1) is 26.6 Å². The summed E-state index contributed by atoms with van der Waals surface area (Å²) >= 11 is 5.57. The van der Waals surface area contributed by atoms with E-state index >= 15 is 4.39 Å². The third kappa shape index (κ3) is 7.33. The van der Waals surface area contributed by atoms with Gasteiger partial charge in [-0.3, -0.25) is 10.2 Å². The molecule has 0 spiro atoms. The van der Waals surface area contributed by atoms with Crippen molar-refractivity contribution in [2.75, 3.05) is 26.7 Å². The molecular formula is C33H42BrFIN5O5. The Labute approximate surface area is 291 Å². The first kappa shape index (κ1) is 34.9. The zero-order chi connectivity index (χ0) is 33.6. The van der Waals surface area contributed by atoms with Crippen molar-refractivity contribution in [1.29, 1.82) is 5.26 Å². The summed E-state index contributed by atoms with van der Waals surface area (Å²) < 4.78 is 34.8. The minimum Gasteiger partial charge on any atom is -0.475 e. The van der Waals surface area contributed by atoms with Crippen LogP contribution in [0.4, 0.5) is 14.0 Å². The monoisotopic (exact) mass is 813 g/mol. The van der Waals surface area contributed by atoms with Gasteiger partial charge >= 0.3 is 12.2 Å². The molecule has 4 heterocycles. The number of benzene rings is 1. The molecule has 46 heavy (non-hydrogen) atoms. The fraction of sp³-hybridized carbons (Fsp3) is 0.636. The maximum Gasteiger partial charge on any atom is 0.412 e. The average molecular weight is 815 g/mol. The van der Waals surface area contributed by atoms with Crippen LogP contribution in [0.25, 0.3) is 10.9 Å². The van der Waals surface area contributed by atoms with Crippen LogP contribution in [0.3, 0.4) is 0 Å². The van der Waals surface area contributed by atoms with Gasteiger partial charge in [0.2, 0.25) is 5.88 Å². The first-order valence-corrected chi connectivity index (χ1v) is 17.6. The minimum absolute atomic E-state index is 0.149. The molecular weight excluding hydrogens is 772 g/mol. The average Bonchev–Trinajstić information content (AvgIpc) is 3.62. The first-order chi connectivity index (χ1) is 21.5. The Hall–Kier alpha value is -2.44. The Morgan fingerprint density at radius 2 is 1.98 bits per heavy atom. The van der Waals surface area contributed by atoms with Crippen LogP contribution in [0.15, 0.2) is 10.5 Å². The lowest BCUT2D eigenvalue weighted by Crippen LogP contribution is -2.62. The number of ether oxygens (including phenoxy) is 3. The van der Waals surface area contributed by atoms with Crippen molar-refractivity contribution in [2.45, 2.75) is 102 Å². The smallest absolute Gasteiger partial charge is 0.412 e. The maximum absolute atomic E-state index is 15.9. The molecule has 1 atom stereocenters. The first-order valence-electron chi connectivity index (χ1n) is 15.7. The van der Waals surface area contributed by atoms with Crippen molar-refractivity contribution < 1.29 is 28.2 Å².